The third-order valence-corrected chi connectivity index (χ3v) is 5.75. The van der Waals surface area contributed by atoms with Crippen molar-refractivity contribution in [2.24, 2.45) is 4.99 Å². The highest BCUT2D eigenvalue weighted by Crippen LogP contribution is 2.33. The van der Waals surface area contributed by atoms with Gasteiger partial charge in [0.2, 0.25) is 12.3 Å². The lowest BCUT2D eigenvalue weighted by Crippen LogP contribution is -2.27. The number of nitrogens with zero attached hydrogens (tertiary/aromatic N) is 4. The monoisotopic (exact) mass is 524 g/mol. The number of benzene rings is 2. The smallest absolute Gasteiger partial charge is 0.219 e. The van der Waals surface area contributed by atoms with Crippen molar-refractivity contribution in [1.29, 1.82) is 0 Å². The molecule has 0 atom stereocenters. The Kier molecular flexibility index (Phi) is 8.78. The summed E-state index contributed by atoms with van der Waals surface area (Å²) in [5.41, 5.74) is 2.86. The molecule has 0 aliphatic heterocycles. The molecule has 0 unspecified atom stereocenters. The van der Waals surface area contributed by atoms with Gasteiger partial charge in [-0.25, -0.2) is 19.4 Å². The van der Waals surface area contributed by atoms with E-state index < -0.39 is 5.60 Å². The highest BCUT2D eigenvalue weighted by Gasteiger charge is 2.22. The van der Waals surface area contributed by atoms with E-state index in [-0.39, 0.29) is 18.2 Å². The van der Waals surface area contributed by atoms with Crippen molar-refractivity contribution in [3.8, 4) is 11.3 Å². The fraction of sp³-hybridized carbons (Fsp3) is 0.286. The zero-order valence-electron chi connectivity index (χ0n) is 21.7. The van der Waals surface area contributed by atoms with Crippen molar-refractivity contribution < 1.29 is 19.0 Å². The molecule has 194 valence electrons. The molecule has 1 N–H and O–H groups in total. The van der Waals surface area contributed by atoms with Crippen molar-refractivity contribution in [3.63, 3.8) is 0 Å². The summed E-state index contributed by atoms with van der Waals surface area (Å²) in [6.45, 7) is 10.6. The van der Waals surface area contributed by atoms with Gasteiger partial charge in [-0.1, -0.05) is 29.8 Å². The third-order valence-electron chi connectivity index (χ3n) is 5.43. The molecule has 2 aromatic carbocycles. The van der Waals surface area contributed by atoms with Gasteiger partial charge in [-0.3, -0.25) is 9.69 Å². The average Bonchev–Trinajstić information content (AvgIpc) is 2.84. The normalized spacial score (nSPS) is 11.8. The van der Waals surface area contributed by atoms with Crippen LogP contribution in [0.25, 0.3) is 11.3 Å². The molecular formula is C28H30ClFN4O3. The summed E-state index contributed by atoms with van der Waals surface area (Å²) in [5.74, 6) is 0.624. The van der Waals surface area contributed by atoms with Crippen LogP contribution in [0.2, 0.25) is 5.02 Å². The van der Waals surface area contributed by atoms with Crippen molar-refractivity contribution in [1.82, 2.24) is 9.97 Å². The molecule has 0 radical (unpaired) electrons. The molecule has 1 heterocycles. The van der Waals surface area contributed by atoms with E-state index in [4.69, 9.17) is 16.3 Å². The van der Waals surface area contributed by atoms with Crippen LogP contribution in [0, 0.1) is 12.7 Å². The first-order chi connectivity index (χ1) is 17.4. The van der Waals surface area contributed by atoms with Gasteiger partial charge in [-0.15, -0.1) is 0 Å². The number of hydrogen-bond acceptors (Lipinski definition) is 6. The predicted molar refractivity (Wildman–Crippen MR) is 144 cm³/mol. The number of anilines is 1. The summed E-state index contributed by atoms with van der Waals surface area (Å²) in [6, 6.07) is 11.2. The Hall–Kier alpha value is -3.62. The van der Waals surface area contributed by atoms with Crippen LogP contribution in [-0.4, -0.2) is 27.3 Å². The minimum atomic E-state index is -1.22. The Balaban J connectivity index is 1.95. The maximum Gasteiger partial charge on any atom is 0.219 e. The summed E-state index contributed by atoms with van der Waals surface area (Å²) in [6.07, 6.45) is 2.27. The largest absolute Gasteiger partial charge is 0.473 e. The van der Waals surface area contributed by atoms with Crippen molar-refractivity contribution in [3.05, 3.63) is 87.9 Å². The van der Waals surface area contributed by atoms with Gasteiger partial charge >= 0.3 is 0 Å². The molecule has 7 nitrogen and oxygen atoms in total. The number of carbonyl (C=O) groups excluding carboxylic acids is 1. The Morgan fingerprint density at radius 1 is 1.19 bits per heavy atom. The highest BCUT2D eigenvalue weighted by atomic mass is 35.5. The van der Waals surface area contributed by atoms with Gasteiger partial charge in [0, 0.05) is 11.8 Å². The van der Waals surface area contributed by atoms with Crippen LogP contribution in [0.5, 0.6) is 0 Å². The molecule has 0 aliphatic rings. The van der Waals surface area contributed by atoms with Crippen molar-refractivity contribution in [2.75, 3.05) is 4.90 Å². The summed E-state index contributed by atoms with van der Waals surface area (Å²) in [5, 5.41) is 10.7. The average molecular weight is 525 g/mol. The molecule has 0 saturated heterocycles. The van der Waals surface area contributed by atoms with Crippen molar-refractivity contribution in [2.45, 2.75) is 53.8 Å². The van der Waals surface area contributed by atoms with Crippen LogP contribution < -0.4 is 4.90 Å². The number of halogens is 2. The SMILES string of the molecule is CC(C)=C(/N=C(/C)N(C=O)c1cc(-c2nc(C(C)(C)O)ncc2C)ccc1Cl)OCc1ccc(F)cc1. The van der Waals surface area contributed by atoms with Crippen LogP contribution in [0.1, 0.15) is 51.6 Å². The molecule has 0 aliphatic carbocycles. The number of amidine groups is 1. The number of aliphatic imine (C=N–C) groups is 1. The van der Waals surface area contributed by atoms with Gasteiger partial charge in [0.15, 0.2) is 5.82 Å². The lowest BCUT2D eigenvalue weighted by Gasteiger charge is -2.21. The molecule has 9 heteroatoms. The number of hydrogen-bond donors (Lipinski definition) is 1. The number of allylic oxidation sites excluding steroid dienone is 1. The number of amides is 1. The van der Waals surface area contributed by atoms with E-state index in [9.17, 15) is 14.3 Å². The summed E-state index contributed by atoms with van der Waals surface area (Å²) < 4.78 is 19.1. The Morgan fingerprint density at radius 3 is 2.46 bits per heavy atom. The highest BCUT2D eigenvalue weighted by molar-refractivity contribution is 6.34. The fourth-order valence-corrected chi connectivity index (χ4v) is 3.61. The first-order valence-corrected chi connectivity index (χ1v) is 12.0. The number of carbonyl (C=O) groups is 1. The van der Waals surface area contributed by atoms with E-state index in [1.165, 1.54) is 17.0 Å². The predicted octanol–water partition coefficient (Wildman–Crippen LogP) is 6.32. The first-order valence-electron chi connectivity index (χ1n) is 11.6. The molecule has 0 bridgehead atoms. The molecule has 3 aromatic rings. The standard InChI is InChI=1S/C28H30ClFN4O3/c1-17(2)26(37-15-20-7-10-22(30)11-8-20)32-19(4)34(16-35)24-13-21(9-12-23(24)29)25-18(3)14-31-27(33-25)28(5,6)36/h7-14,16,36H,15H2,1-6H3/b32-19-. The fourth-order valence-electron chi connectivity index (χ4n) is 3.40. The van der Waals surface area contributed by atoms with Gasteiger partial charge in [-0.05, 0) is 82.5 Å². The van der Waals surface area contributed by atoms with Crippen LogP contribution in [0.4, 0.5) is 10.1 Å². The van der Waals surface area contributed by atoms with Gasteiger partial charge in [0.05, 0.1) is 16.4 Å². The van der Waals surface area contributed by atoms with Gasteiger partial charge in [0.1, 0.15) is 23.9 Å². The zero-order valence-corrected chi connectivity index (χ0v) is 22.5. The minimum Gasteiger partial charge on any atom is -0.473 e. The molecule has 0 spiro atoms. The Morgan fingerprint density at radius 2 is 1.86 bits per heavy atom. The van der Waals surface area contributed by atoms with E-state index in [2.05, 4.69) is 15.0 Å². The third kappa shape index (κ3) is 6.99. The second kappa shape index (κ2) is 11.6. The van der Waals surface area contributed by atoms with E-state index in [1.54, 1.807) is 57.3 Å². The van der Waals surface area contributed by atoms with Gasteiger partial charge in [0.25, 0.3) is 0 Å². The molecule has 0 fully saturated rings. The molecule has 1 amide bonds. The summed E-state index contributed by atoms with van der Waals surface area (Å²) in [7, 11) is 0. The number of rotatable bonds is 8. The number of aliphatic hydroxyl groups is 1. The number of ether oxygens (including phenoxy) is 1. The number of aromatic nitrogens is 2. The van der Waals surface area contributed by atoms with E-state index in [0.29, 0.717) is 40.1 Å². The maximum atomic E-state index is 13.2. The Labute approximate surface area is 221 Å². The minimum absolute atomic E-state index is 0.186. The maximum absolute atomic E-state index is 13.2. The second-order valence-electron chi connectivity index (χ2n) is 9.31. The quantitative estimate of drug-likeness (QED) is 0.161. The van der Waals surface area contributed by atoms with E-state index in [0.717, 1.165) is 16.7 Å². The van der Waals surface area contributed by atoms with Crippen molar-refractivity contribution >= 4 is 29.5 Å². The lowest BCUT2D eigenvalue weighted by atomic mass is 10.0. The first kappa shape index (κ1) is 28.0. The van der Waals surface area contributed by atoms with E-state index >= 15 is 0 Å². The molecule has 37 heavy (non-hydrogen) atoms. The Bertz CT molecular complexity index is 1340. The molecule has 1 aromatic heterocycles. The van der Waals surface area contributed by atoms with Gasteiger partial charge in [-0.2, -0.15) is 0 Å². The van der Waals surface area contributed by atoms with Crippen LogP contribution in [-0.2, 0) is 21.7 Å². The van der Waals surface area contributed by atoms with Crippen LogP contribution >= 0.6 is 11.6 Å². The zero-order chi connectivity index (χ0) is 27.3. The topological polar surface area (TPSA) is 87.9 Å². The van der Waals surface area contributed by atoms with Crippen LogP contribution in [0.3, 0.4) is 0 Å². The summed E-state index contributed by atoms with van der Waals surface area (Å²) in [4.78, 5) is 26.9. The summed E-state index contributed by atoms with van der Waals surface area (Å²) >= 11 is 6.50. The van der Waals surface area contributed by atoms with Gasteiger partial charge < -0.3 is 9.84 Å². The molecular weight excluding hydrogens is 495 g/mol. The number of aryl methyl sites for hydroxylation is 1. The second-order valence-corrected chi connectivity index (χ2v) is 9.71. The molecule has 3 rings (SSSR count). The lowest BCUT2D eigenvalue weighted by molar-refractivity contribution is -0.106. The van der Waals surface area contributed by atoms with Crippen LogP contribution in [0.15, 0.2) is 65.1 Å². The van der Waals surface area contributed by atoms with E-state index in [1.807, 2.05) is 20.8 Å². The molecule has 0 saturated carbocycles.